The number of nitrogens with one attached hydrogen (secondary N) is 2. The van der Waals surface area contributed by atoms with E-state index in [-0.39, 0.29) is 24.6 Å². The Kier molecular flexibility index (Phi) is 5.42. The van der Waals surface area contributed by atoms with Crippen molar-refractivity contribution < 1.29 is 22.7 Å². The van der Waals surface area contributed by atoms with E-state index < -0.39 is 17.8 Å². The predicted molar refractivity (Wildman–Crippen MR) is 69.8 cm³/mol. The van der Waals surface area contributed by atoms with E-state index in [1.54, 1.807) is 6.92 Å². The van der Waals surface area contributed by atoms with Gasteiger partial charge in [0.05, 0.1) is 17.9 Å². The molecule has 0 bridgehead atoms. The molecule has 20 heavy (non-hydrogen) atoms. The molecule has 2 N–H and O–H groups in total. The number of hydrogen-bond donors (Lipinski definition) is 2. The molecule has 2 amide bonds. The Morgan fingerprint density at radius 1 is 1.45 bits per heavy atom. The van der Waals surface area contributed by atoms with Crippen LogP contribution in [0.1, 0.15) is 12.5 Å². The molecule has 0 radical (unpaired) electrons. The lowest BCUT2D eigenvalue weighted by Gasteiger charge is -2.14. The number of halogens is 3. The monoisotopic (exact) mass is 288 g/mol. The zero-order chi connectivity index (χ0) is 15.2. The van der Waals surface area contributed by atoms with Gasteiger partial charge in [-0.1, -0.05) is 6.08 Å². The molecule has 1 aromatic rings. The summed E-state index contributed by atoms with van der Waals surface area (Å²) in [5.74, 6) is 0.175. The number of benzene rings is 1. The molecule has 0 heterocycles. The largest absolute Gasteiger partial charge is 0.492 e. The summed E-state index contributed by atoms with van der Waals surface area (Å²) >= 11 is 0. The molecule has 0 unspecified atom stereocenters. The van der Waals surface area contributed by atoms with E-state index in [4.69, 9.17) is 4.74 Å². The average molecular weight is 288 g/mol. The zero-order valence-electron chi connectivity index (χ0n) is 10.9. The molecule has 0 saturated carbocycles. The first-order valence-electron chi connectivity index (χ1n) is 5.88. The molecule has 7 heteroatoms. The van der Waals surface area contributed by atoms with Gasteiger partial charge < -0.3 is 15.4 Å². The van der Waals surface area contributed by atoms with Crippen molar-refractivity contribution in [3.8, 4) is 5.75 Å². The smallest absolute Gasteiger partial charge is 0.416 e. The minimum atomic E-state index is -4.49. The van der Waals surface area contributed by atoms with Crippen LogP contribution in [0.4, 0.5) is 23.7 Å². The van der Waals surface area contributed by atoms with Crippen LogP contribution in [-0.4, -0.2) is 19.2 Å². The number of urea groups is 1. The number of carbonyl (C=O) groups is 1. The van der Waals surface area contributed by atoms with Crippen LogP contribution in [0.25, 0.3) is 0 Å². The Balaban J connectivity index is 2.99. The van der Waals surface area contributed by atoms with Crippen LogP contribution in [0.2, 0.25) is 0 Å². The molecular formula is C13H15F3N2O2. The Morgan fingerprint density at radius 3 is 2.70 bits per heavy atom. The van der Waals surface area contributed by atoms with Crippen LogP contribution in [0, 0.1) is 0 Å². The Bertz CT molecular complexity index is 487. The van der Waals surface area contributed by atoms with Crippen LogP contribution in [0.5, 0.6) is 5.75 Å². The minimum absolute atomic E-state index is 0.0387. The van der Waals surface area contributed by atoms with Gasteiger partial charge >= 0.3 is 12.2 Å². The molecule has 110 valence electrons. The van der Waals surface area contributed by atoms with Gasteiger partial charge in [0.15, 0.2) is 0 Å². The van der Waals surface area contributed by atoms with Gasteiger partial charge in [0, 0.05) is 6.54 Å². The molecular weight excluding hydrogens is 273 g/mol. The number of anilines is 1. The van der Waals surface area contributed by atoms with Crippen molar-refractivity contribution >= 4 is 11.7 Å². The fourth-order valence-electron chi connectivity index (χ4n) is 1.42. The maximum atomic E-state index is 12.6. The third-order valence-corrected chi connectivity index (χ3v) is 2.26. The third kappa shape index (κ3) is 4.49. The molecule has 0 fully saturated rings. The number of rotatable bonds is 5. The number of amides is 2. The number of carbonyl (C=O) groups excluding carboxylic acids is 1. The lowest BCUT2D eigenvalue weighted by Crippen LogP contribution is -2.29. The van der Waals surface area contributed by atoms with Crippen molar-refractivity contribution in [2.24, 2.45) is 0 Å². The highest BCUT2D eigenvalue weighted by Gasteiger charge is 2.31. The molecule has 0 aliphatic rings. The summed E-state index contributed by atoms with van der Waals surface area (Å²) in [5.41, 5.74) is -0.900. The molecule has 0 aromatic heterocycles. The van der Waals surface area contributed by atoms with Crippen molar-refractivity contribution in [1.82, 2.24) is 5.32 Å². The van der Waals surface area contributed by atoms with Gasteiger partial charge in [-0.25, -0.2) is 4.79 Å². The molecule has 0 aliphatic heterocycles. The molecule has 0 aliphatic carbocycles. The first-order valence-corrected chi connectivity index (χ1v) is 5.88. The molecule has 0 atom stereocenters. The van der Waals surface area contributed by atoms with E-state index in [9.17, 15) is 18.0 Å². The summed E-state index contributed by atoms with van der Waals surface area (Å²) in [6, 6.07) is 2.27. The molecule has 0 saturated heterocycles. The van der Waals surface area contributed by atoms with Gasteiger partial charge in [-0.2, -0.15) is 13.2 Å². The maximum Gasteiger partial charge on any atom is 0.416 e. The van der Waals surface area contributed by atoms with Gasteiger partial charge in [0.25, 0.3) is 0 Å². The van der Waals surface area contributed by atoms with Crippen molar-refractivity contribution in [2.45, 2.75) is 13.1 Å². The van der Waals surface area contributed by atoms with Crippen LogP contribution in [0.3, 0.4) is 0 Å². The average Bonchev–Trinajstić information content (AvgIpc) is 2.37. The first kappa shape index (κ1) is 15.9. The van der Waals surface area contributed by atoms with Gasteiger partial charge in [0.1, 0.15) is 5.75 Å². The minimum Gasteiger partial charge on any atom is -0.492 e. The van der Waals surface area contributed by atoms with Crippen molar-refractivity contribution in [2.75, 3.05) is 18.5 Å². The maximum absolute atomic E-state index is 12.6. The van der Waals surface area contributed by atoms with E-state index >= 15 is 0 Å². The van der Waals surface area contributed by atoms with Gasteiger partial charge in [0.2, 0.25) is 0 Å². The van der Waals surface area contributed by atoms with Crippen LogP contribution in [0.15, 0.2) is 30.9 Å². The fraction of sp³-hybridized carbons (Fsp3) is 0.308. The third-order valence-electron chi connectivity index (χ3n) is 2.26. The van der Waals surface area contributed by atoms with Crippen LogP contribution >= 0.6 is 0 Å². The first-order chi connectivity index (χ1) is 9.38. The lowest BCUT2D eigenvalue weighted by molar-refractivity contribution is -0.137. The predicted octanol–water partition coefficient (Wildman–Crippen LogP) is 3.41. The summed E-state index contributed by atoms with van der Waals surface area (Å²) in [6.45, 7) is 5.59. The molecule has 0 spiro atoms. The van der Waals surface area contributed by atoms with Gasteiger partial charge in [-0.3, -0.25) is 0 Å². The van der Waals surface area contributed by atoms with E-state index in [0.29, 0.717) is 0 Å². The normalized spacial score (nSPS) is 10.8. The second-order valence-electron chi connectivity index (χ2n) is 3.77. The van der Waals surface area contributed by atoms with Crippen molar-refractivity contribution in [3.05, 3.63) is 36.4 Å². The van der Waals surface area contributed by atoms with E-state index in [2.05, 4.69) is 17.2 Å². The van der Waals surface area contributed by atoms with E-state index in [0.717, 1.165) is 12.1 Å². The Hall–Kier alpha value is -2.18. The Labute approximate surface area is 114 Å². The summed E-state index contributed by atoms with van der Waals surface area (Å²) in [4.78, 5) is 11.5. The number of alkyl halides is 3. The second-order valence-corrected chi connectivity index (χ2v) is 3.77. The number of hydrogen-bond acceptors (Lipinski definition) is 2. The molecule has 4 nitrogen and oxygen atoms in total. The van der Waals surface area contributed by atoms with Crippen LogP contribution in [-0.2, 0) is 6.18 Å². The topological polar surface area (TPSA) is 50.4 Å². The molecule has 1 rings (SSSR count). The molecule has 1 aromatic carbocycles. The highest BCUT2D eigenvalue weighted by Crippen LogP contribution is 2.35. The number of ether oxygens (including phenoxy) is 1. The second kappa shape index (κ2) is 6.83. The van der Waals surface area contributed by atoms with E-state index in [1.165, 1.54) is 12.1 Å². The van der Waals surface area contributed by atoms with Crippen molar-refractivity contribution in [1.29, 1.82) is 0 Å². The summed E-state index contributed by atoms with van der Waals surface area (Å²) in [7, 11) is 0. The SMILES string of the molecule is C=CCNC(=O)Nc1cc(C(F)(F)F)ccc1OCC. The summed E-state index contributed by atoms with van der Waals surface area (Å²) < 4.78 is 43.1. The summed E-state index contributed by atoms with van der Waals surface area (Å²) in [6.07, 6.45) is -3.03. The lowest BCUT2D eigenvalue weighted by atomic mass is 10.2. The zero-order valence-corrected chi connectivity index (χ0v) is 10.9. The van der Waals surface area contributed by atoms with E-state index in [1.807, 2.05) is 0 Å². The summed E-state index contributed by atoms with van der Waals surface area (Å²) in [5, 5.41) is 4.72. The Morgan fingerprint density at radius 2 is 2.15 bits per heavy atom. The highest BCUT2D eigenvalue weighted by atomic mass is 19.4. The van der Waals surface area contributed by atoms with Crippen molar-refractivity contribution in [3.63, 3.8) is 0 Å². The van der Waals surface area contributed by atoms with Crippen LogP contribution < -0.4 is 15.4 Å². The highest BCUT2D eigenvalue weighted by molar-refractivity contribution is 5.91. The standard InChI is InChI=1S/C13H15F3N2O2/c1-3-7-17-12(19)18-10-8-9(13(14,15)16)5-6-11(10)20-4-2/h3,5-6,8H,1,4,7H2,2H3,(H2,17,18,19). The fourth-order valence-corrected chi connectivity index (χ4v) is 1.42. The quantitative estimate of drug-likeness (QED) is 0.816. The van der Waals surface area contributed by atoms with Gasteiger partial charge in [-0.15, -0.1) is 6.58 Å². The van der Waals surface area contributed by atoms with Gasteiger partial charge in [-0.05, 0) is 25.1 Å².